The first-order valence-corrected chi connectivity index (χ1v) is 10.6. The van der Waals surface area contributed by atoms with Crippen molar-refractivity contribution in [1.29, 1.82) is 0 Å². The van der Waals surface area contributed by atoms with Crippen molar-refractivity contribution in [3.8, 4) is 28.8 Å². The molecule has 1 unspecified atom stereocenters. The molecule has 176 valence electrons. The second-order valence-corrected chi connectivity index (χ2v) is 7.53. The third-order valence-electron chi connectivity index (χ3n) is 4.96. The molecule has 9 nitrogen and oxygen atoms in total. The summed E-state index contributed by atoms with van der Waals surface area (Å²) >= 11 is 0. The van der Waals surface area contributed by atoms with Gasteiger partial charge in [-0.2, -0.15) is 4.52 Å². The lowest BCUT2D eigenvalue weighted by Gasteiger charge is -2.17. The molecule has 0 aliphatic rings. The Morgan fingerprint density at radius 2 is 1.97 bits per heavy atom. The van der Waals surface area contributed by atoms with Crippen LogP contribution in [0.5, 0.6) is 17.4 Å². The Hall–Kier alpha value is -4.21. The largest absolute Gasteiger partial charge is 0.493 e. The SMILES string of the molecule is COc1cc(C)ccc1OC(C)C(=O)NCCOc1ccc2nnc(-c3cccc(F)c3)n2n1. The molecule has 1 amide bonds. The van der Waals surface area contributed by atoms with Crippen molar-refractivity contribution in [3.63, 3.8) is 0 Å². The number of hydrogen-bond acceptors (Lipinski definition) is 7. The molecule has 2 heterocycles. The van der Waals surface area contributed by atoms with E-state index in [1.165, 1.54) is 16.6 Å². The van der Waals surface area contributed by atoms with Crippen molar-refractivity contribution in [3.05, 3.63) is 66.0 Å². The minimum Gasteiger partial charge on any atom is -0.493 e. The Morgan fingerprint density at radius 3 is 2.76 bits per heavy atom. The van der Waals surface area contributed by atoms with Crippen molar-refractivity contribution in [1.82, 2.24) is 25.1 Å². The Morgan fingerprint density at radius 1 is 1.12 bits per heavy atom. The monoisotopic (exact) mass is 465 g/mol. The fraction of sp³-hybridized carbons (Fsp3) is 0.250. The summed E-state index contributed by atoms with van der Waals surface area (Å²) in [4.78, 5) is 12.4. The number of fused-ring (bicyclic) bond motifs is 1. The predicted molar refractivity (Wildman–Crippen MR) is 123 cm³/mol. The first-order chi connectivity index (χ1) is 16.4. The average Bonchev–Trinajstić information content (AvgIpc) is 3.26. The van der Waals surface area contributed by atoms with Crippen molar-refractivity contribution >= 4 is 11.6 Å². The number of ether oxygens (including phenoxy) is 3. The number of amides is 1. The zero-order chi connectivity index (χ0) is 24.1. The van der Waals surface area contributed by atoms with Gasteiger partial charge in [0.05, 0.1) is 13.7 Å². The molecule has 0 fully saturated rings. The van der Waals surface area contributed by atoms with Crippen LogP contribution in [0, 0.1) is 12.7 Å². The summed E-state index contributed by atoms with van der Waals surface area (Å²) in [5.41, 5.74) is 2.07. The van der Waals surface area contributed by atoms with E-state index in [0.29, 0.717) is 34.4 Å². The number of hydrogen-bond donors (Lipinski definition) is 1. The Balaban J connectivity index is 1.32. The minimum atomic E-state index is -0.725. The highest BCUT2D eigenvalue weighted by molar-refractivity contribution is 5.80. The van der Waals surface area contributed by atoms with E-state index in [9.17, 15) is 9.18 Å². The molecular weight excluding hydrogens is 441 g/mol. The molecule has 0 aliphatic heterocycles. The van der Waals surface area contributed by atoms with Gasteiger partial charge in [-0.05, 0) is 49.7 Å². The average molecular weight is 465 g/mol. The predicted octanol–water partition coefficient (Wildman–Crippen LogP) is 3.21. The van der Waals surface area contributed by atoms with Crippen molar-refractivity contribution < 1.29 is 23.4 Å². The summed E-state index contributed by atoms with van der Waals surface area (Å²) in [7, 11) is 1.55. The molecule has 0 spiro atoms. The Bertz CT molecular complexity index is 1310. The summed E-state index contributed by atoms with van der Waals surface area (Å²) in [6.07, 6.45) is -0.725. The van der Waals surface area contributed by atoms with Crippen molar-refractivity contribution in [2.75, 3.05) is 20.3 Å². The van der Waals surface area contributed by atoms with E-state index in [1.807, 2.05) is 19.1 Å². The number of rotatable bonds is 9. The highest BCUT2D eigenvalue weighted by Gasteiger charge is 2.17. The zero-order valence-electron chi connectivity index (χ0n) is 19.0. The van der Waals surface area contributed by atoms with Crippen LogP contribution in [0.2, 0.25) is 0 Å². The van der Waals surface area contributed by atoms with Crippen molar-refractivity contribution in [2.24, 2.45) is 0 Å². The standard InChI is InChI=1S/C24H24FN5O4/c1-15-7-8-19(20(13-15)32-3)34-16(2)24(31)26-11-12-33-22-10-9-21-27-28-23(30(21)29-22)17-5-4-6-18(25)14-17/h4-10,13-14,16H,11-12H2,1-3H3,(H,26,31). The molecule has 10 heteroatoms. The van der Waals surface area contributed by atoms with Gasteiger partial charge in [0, 0.05) is 11.6 Å². The first kappa shape index (κ1) is 23.0. The van der Waals surface area contributed by atoms with Crippen LogP contribution < -0.4 is 19.5 Å². The third-order valence-corrected chi connectivity index (χ3v) is 4.96. The van der Waals surface area contributed by atoms with E-state index in [2.05, 4.69) is 20.6 Å². The van der Waals surface area contributed by atoms with Gasteiger partial charge in [0.15, 0.2) is 29.1 Å². The number of aromatic nitrogens is 4. The van der Waals surface area contributed by atoms with Gasteiger partial charge in [0.2, 0.25) is 5.88 Å². The van der Waals surface area contributed by atoms with Gasteiger partial charge in [-0.25, -0.2) is 4.39 Å². The number of carbonyl (C=O) groups excluding carboxylic acids is 1. The number of aryl methyl sites for hydroxylation is 1. The molecule has 2 aromatic heterocycles. The second kappa shape index (κ2) is 10.2. The van der Waals surface area contributed by atoms with Crippen molar-refractivity contribution in [2.45, 2.75) is 20.0 Å². The number of nitrogens with one attached hydrogen (secondary N) is 1. The summed E-state index contributed by atoms with van der Waals surface area (Å²) < 4.78 is 31.8. The summed E-state index contributed by atoms with van der Waals surface area (Å²) in [5.74, 6) is 1.10. The van der Waals surface area contributed by atoms with Gasteiger partial charge in [0.1, 0.15) is 12.4 Å². The second-order valence-electron chi connectivity index (χ2n) is 7.53. The summed E-state index contributed by atoms with van der Waals surface area (Å²) in [5, 5.41) is 15.3. The number of carbonyl (C=O) groups is 1. The summed E-state index contributed by atoms with van der Waals surface area (Å²) in [6, 6.07) is 14.9. The zero-order valence-corrected chi connectivity index (χ0v) is 19.0. The molecule has 1 N–H and O–H groups in total. The molecule has 34 heavy (non-hydrogen) atoms. The summed E-state index contributed by atoms with van der Waals surface area (Å²) in [6.45, 7) is 4.03. The molecular formula is C24H24FN5O4. The lowest BCUT2D eigenvalue weighted by Crippen LogP contribution is -2.38. The van der Waals surface area contributed by atoms with Crippen LogP contribution >= 0.6 is 0 Å². The molecule has 0 saturated heterocycles. The van der Waals surface area contributed by atoms with Gasteiger partial charge in [-0.3, -0.25) is 4.79 Å². The van der Waals surface area contributed by atoms with Gasteiger partial charge in [0.25, 0.3) is 5.91 Å². The van der Waals surface area contributed by atoms with Crippen LogP contribution in [0.4, 0.5) is 4.39 Å². The topological polar surface area (TPSA) is 99.9 Å². The number of halogens is 1. The van der Waals surface area contributed by atoms with Crippen LogP contribution in [-0.4, -0.2) is 52.1 Å². The fourth-order valence-corrected chi connectivity index (χ4v) is 3.25. The number of methoxy groups -OCH3 is 1. The normalized spacial score (nSPS) is 11.8. The molecule has 1 atom stereocenters. The van der Waals surface area contributed by atoms with Crippen LogP contribution in [0.3, 0.4) is 0 Å². The Kier molecular flexibility index (Phi) is 6.86. The van der Waals surface area contributed by atoms with Crippen LogP contribution in [0.15, 0.2) is 54.6 Å². The van der Waals surface area contributed by atoms with E-state index in [-0.39, 0.29) is 24.9 Å². The highest BCUT2D eigenvalue weighted by atomic mass is 19.1. The van der Waals surface area contributed by atoms with Crippen LogP contribution in [-0.2, 0) is 4.79 Å². The van der Waals surface area contributed by atoms with Gasteiger partial charge in [-0.1, -0.05) is 18.2 Å². The quantitative estimate of drug-likeness (QED) is 0.379. The van der Waals surface area contributed by atoms with E-state index in [1.54, 1.807) is 44.4 Å². The molecule has 0 aliphatic carbocycles. The fourth-order valence-electron chi connectivity index (χ4n) is 3.25. The minimum absolute atomic E-state index is 0.183. The third kappa shape index (κ3) is 5.22. The van der Waals surface area contributed by atoms with Gasteiger partial charge >= 0.3 is 0 Å². The maximum Gasteiger partial charge on any atom is 0.260 e. The van der Waals surface area contributed by atoms with Gasteiger partial charge < -0.3 is 19.5 Å². The van der Waals surface area contributed by atoms with Crippen LogP contribution in [0.1, 0.15) is 12.5 Å². The molecule has 0 radical (unpaired) electrons. The van der Waals surface area contributed by atoms with E-state index in [0.717, 1.165) is 5.56 Å². The maximum absolute atomic E-state index is 13.6. The maximum atomic E-state index is 13.6. The highest BCUT2D eigenvalue weighted by Crippen LogP contribution is 2.28. The first-order valence-electron chi connectivity index (χ1n) is 10.6. The molecule has 0 saturated carbocycles. The lowest BCUT2D eigenvalue weighted by molar-refractivity contribution is -0.127. The lowest BCUT2D eigenvalue weighted by atomic mass is 10.2. The van der Waals surface area contributed by atoms with Gasteiger partial charge in [-0.15, -0.1) is 15.3 Å². The van der Waals surface area contributed by atoms with E-state index in [4.69, 9.17) is 14.2 Å². The van der Waals surface area contributed by atoms with E-state index < -0.39 is 6.10 Å². The van der Waals surface area contributed by atoms with Crippen LogP contribution in [0.25, 0.3) is 17.0 Å². The number of benzene rings is 2. The molecule has 4 rings (SSSR count). The molecule has 2 aromatic carbocycles. The molecule has 0 bridgehead atoms. The Labute approximate surface area is 195 Å². The van der Waals surface area contributed by atoms with E-state index >= 15 is 0 Å². The smallest absolute Gasteiger partial charge is 0.260 e. The number of nitrogens with zero attached hydrogens (tertiary/aromatic N) is 4. The molecule has 4 aromatic rings.